The van der Waals surface area contributed by atoms with Crippen molar-refractivity contribution in [2.45, 2.75) is 38.3 Å². The number of nitrogens with zero attached hydrogens (tertiary/aromatic N) is 1. The van der Waals surface area contributed by atoms with E-state index in [1.807, 2.05) is 24.3 Å². The van der Waals surface area contributed by atoms with Crippen LogP contribution in [0.15, 0.2) is 60.7 Å². The Bertz CT molecular complexity index is 1110. The average molecular weight is 444 g/mol. The molecule has 0 amide bonds. The van der Waals surface area contributed by atoms with E-state index in [-0.39, 0.29) is 24.8 Å². The first-order valence-corrected chi connectivity index (χ1v) is 10.00. The molecule has 3 aromatic carbocycles. The lowest BCUT2D eigenvalue weighted by molar-refractivity contribution is 0.210. The topological polar surface area (TPSA) is 66.2 Å². The molecule has 6 heteroatoms. The highest BCUT2D eigenvalue weighted by Gasteiger charge is 2.17. The predicted octanol–water partition coefficient (Wildman–Crippen LogP) is 6.17. The van der Waals surface area contributed by atoms with E-state index in [9.17, 15) is 0 Å². The Morgan fingerprint density at radius 2 is 1.40 bits per heavy atom. The van der Waals surface area contributed by atoms with Crippen molar-refractivity contribution in [3.63, 3.8) is 0 Å². The highest BCUT2D eigenvalue weighted by Crippen LogP contribution is 2.33. The van der Waals surface area contributed by atoms with Gasteiger partial charge in [-0.1, -0.05) is 24.3 Å². The lowest BCUT2D eigenvalue weighted by Gasteiger charge is -2.14. The molecule has 158 valence electrons. The molecule has 4 nitrogen and oxygen atoms in total. The van der Waals surface area contributed by atoms with E-state index in [4.69, 9.17) is 16.2 Å². The molecule has 0 atom stereocenters. The van der Waals surface area contributed by atoms with Crippen LogP contribution in [-0.4, -0.2) is 10.7 Å². The van der Waals surface area contributed by atoms with Gasteiger partial charge in [-0.15, -0.1) is 24.8 Å². The van der Waals surface area contributed by atoms with Crippen LogP contribution in [0.2, 0.25) is 0 Å². The summed E-state index contributed by atoms with van der Waals surface area (Å²) in [5, 5.41) is 2.39. The van der Waals surface area contributed by atoms with Gasteiger partial charge in [0.05, 0.1) is 17.1 Å². The molecule has 30 heavy (non-hydrogen) atoms. The maximum atomic E-state index is 6.20. The van der Waals surface area contributed by atoms with Gasteiger partial charge >= 0.3 is 0 Å². The van der Waals surface area contributed by atoms with Crippen LogP contribution < -0.4 is 16.2 Å². The van der Waals surface area contributed by atoms with Crippen LogP contribution in [0.4, 0.5) is 11.4 Å². The Kier molecular flexibility index (Phi) is 6.69. The van der Waals surface area contributed by atoms with Gasteiger partial charge in [-0.2, -0.15) is 0 Å². The molecule has 1 aromatic heterocycles. The zero-order chi connectivity index (χ0) is 19.1. The van der Waals surface area contributed by atoms with Gasteiger partial charge < -0.3 is 20.8 Å². The molecule has 1 aliphatic carbocycles. The summed E-state index contributed by atoms with van der Waals surface area (Å²) in [4.78, 5) is 0. The lowest BCUT2D eigenvalue weighted by Crippen LogP contribution is -2.11. The first-order chi connectivity index (χ1) is 13.7. The third-order valence-electron chi connectivity index (χ3n) is 5.76. The number of rotatable bonds is 4. The van der Waals surface area contributed by atoms with Crippen LogP contribution >= 0.6 is 24.8 Å². The summed E-state index contributed by atoms with van der Waals surface area (Å²) in [5.74, 6) is 0.962. The summed E-state index contributed by atoms with van der Waals surface area (Å²) in [6, 6.07) is 20.6. The van der Waals surface area contributed by atoms with E-state index in [0.29, 0.717) is 6.10 Å². The second-order valence-corrected chi connectivity index (χ2v) is 7.81. The van der Waals surface area contributed by atoms with Crippen LogP contribution in [0.3, 0.4) is 0 Å². The molecule has 0 aliphatic heterocycles. The van der Waals surface area contributed by atoms with Gasteiger partial charge in [-0.05, 0) is 67.6 Å². The molecular weight excluding hydrogens is 417 g/mol. The van der Waals surface area contributed by atoms with Crippen LogP contribution in [0, 0.1) is 0 Å². The van der Waals surface area contributed by atoms with Gasteiger partial charge in [0, 0.05) is 28.7 Å². The summed E-state index contributed by atoms with van der Waals surface area (Å²) in [6.07, 6.45) is 5.23. The number of fused-ring (bicyclic) bond motifs is 3. The summed E-state index contributed by atoms with van der Waals surface area (Å²) in [6.45, 7) is 0.745. The maximum absolute atomic E-state index is 6.20. The van der Waals surface area contributed by atoms with E-state index in [1.165, 1.54) is 29.2 Å². The summed E-state index contributed by atoms with van der Waals surface area (Å²) in [7, 11) is 0. The highest BCUT2D eigenvalue weighted by molar-refractivity contribution is 6.09. The van der Waals surface area contributed by atoms with Crippen molar-refractivity contribution in [1.82, 2.24) is 4.57 Å². The monoisotopic (exact) mass is 443 g/mol. The SMILES string of the molecule is Cl.Cl.Nc1ccc2c3ccc(N)cc3n(Cc3cccc(OC4CCCC4)c3)c2c1. The van der Waals surface area contributed by atoms with Gasteiger partial charge in [0.2, 0.25) is 0 Å². The smallest absolute Gasteiger partial charge is 0.120 e. The number of aromatic nitrogens is 1. The standard InChI is InChI=1S/C24H25N3O.2ClH/c25-17-8-10-21-22-11-9-18(26)14-24(22)27(23(21)13-17)15-16-4-3-7-20(12-16)28-19-5-1-2-6-19;;/h3-4,7-14,19H,1-2,5-6,15,25-26H2;2*1H. The number of hydrogen-bond acceptors (Lipinski definition) is 3. The summed E-state index contributed by atoms with van der Waals surface area (Å²) < 4.78 is 8.50. The van der Waals surface area contributed by atoms with Crippen molar-refractivity contribution >= 4 is 58.0 Å². The Morgan fingerprint density at radius 1 is 0.800 bits per heavy atom. The van der Waals surface area contributed by atoms with E-state index in [2.05, 4.69) is 41.0 Å². The number of hydrogen-bond donors (Lipinski definition) is 2. The molecule has 0 radical (unpaired) electrons. The molecule has 4 N–H and O–H groups in total. The molecular formula is C24H27Cl2N3O. The fourth-order valence-electron chi connectivity index (χ4n) is 4.40. The van der Waals surface area contributed by atoms with E-state index in [0.717, 1.165) is 47.5 Å². The third-order valence-corrected chi connectivity index (χ3v) is 5.76. The van der Waals surface area contributed by atoms with Crippen molar-refractivity contribution < 1.29 is 4.74 Å². The molecule has 1 heterocycles. The molecule has 4 aromatic rings. The number of ether oxygens (including phenoxy) is 1. The van der Waals surface area contributed by atoms with Crippen molar-refractivity contribution in [3.8, 4) is 5.75 Å². The quantitative estimate of drug-likeness (QED) is 0.370. The van der Waals surface area contributed by atoms with E-state index in [1.54, 1.807) is 0 Å². The Balaban J connectivity index is 0.00000128. The molecule has 0 spiro atoms. The van der Waals surface area contributed by atoms with Gasteiger partial charge in [-0.3, -0.25) is 0 Å². The first kappa shape index (κ1) is 22.1. The van der Waals surface area contributed by atoms with E-state index >= 15 is 0 Å². The zero-order valence-electron chi connectivity index (χ0n) is 16.7. The van der Waals surface area contributed by atoms with Crippen molar-refractivity contribution in [2.24, 2.45) is 0 Å². The molecule has 1 saturated carbocycles. The molecule has 0 unspecified atom stereocenters. The summed E-state index contributed by atoms with van der Waals surface area (Å²) in [5.41, 5.74) is 17.2. The summed E-state index contributed by atoms with van der Waals surface area (Å²) >= 11 is 0. The van der Waals surface area contributed by atoms with E-state index < -0.39 is 0 Å². The predicted molar refractivity (Wildman–Crippen MR) is 131 cm³/mol. The number of benzene rings is 3. The minimum atomic E-state index is 0. The largest absolute Gasteiger partial charge is 0.490 e. The van der Waals surface area contributed by atoms with Crippen LogP contribution in [0.1, 0.15) is 31.2 Å². The normalized spacial score (nSPS) is 13.9. The van der Waals surface area contributed by atoms with Gasteiger partial charge in [0.25, 0.3) is 0 Å². The van der Waals surface area contributed by atoms with Crippen molar-refractivity contribution in [3.05, 3.63) is 66.2 Å². The highest BCUT2D eigenvalue weighted by atomic mass is 35.5. The van der Waals surface area contributed by atoms with Crippen molar-refractivity contribution in [2.75, 3.05) is 11.5 Å². The number of nitrogens with two attached hydrogens (primary N) is 2. The third kappa shape index (κ3) is 4.16. The zero-order valence-corrected chi connectivity index (χ0v) is 18.3. The average Bonchev–Trinajstić information content (AvgIpc) is 3.29. The van der Waals surface area contributed by atoms with Gasteiger partial charge in [0.15, 0.2) is 0 Å². The number of halogens is 2. The molecule has 0 bridgehead atoms. The Hall–Kier alpha value is -2.56. The Morgan fingerprint density at radius 3 is 2.00 bits per heavy atom. The van der Waals surface area contributed by atoms with Crippen LogP contribution in [-0.2, 0) is 6.54 Å². The van der Waals surface area contributed by atoms with Crippen LogP contribution in [0.5, 0.6) is 5.75 Å². The second-order valence-electron chi connectivity index (χ2n) is 7.81. The van der Waals surface area contributed by atoms with Gasteiger partial charge in [0.1, 0.15) is 5.75 Å². The second kappa shape index (κ2) is 9.07. The maximum Gasteiger partial charge on any atom is 0.120 e. The number of anilines is 2. The Labute approximate surface area is 189 Å². The molecule has 1 fully saturated rings. The minimum Gasteiger partial charge on any atom is -0.490 e. The van der Waals surface area contributed by atoms with Crippen molar-refractivity contribution in [1.29, 1.82) is 0 Å². The van der Waals surface area contributed by atoms with Crippen LogP contribution in [0.25, 0.3) is 21.8 Å². The minimum absolute atomic E-state index is 0. The first-order valence-electron chi connectivity index (χ1n) is 10.00. The molecule has 0 saturated heterocycles. The number of nitrogen functional groups attached to an aromatic ring is 2. The van der Waals surface area contributed by atoms with Gasteiger partial charge in [-0.25, -0.2) is 0 Å². The lowest BCUT2D eigenvalue weighted by atomic mass is 10.1. The molecule has 5 rings (SSSR count). The fraction of sp³-hybridized carbons (Fsp3) is 0.250. The fourth-order valence-corrected chi connectivity index (χ4v) is 4.40. The molecule has 1 aliphatic rings.